The number of ether oxygens (including phenoxy) is 1. The fourth-order valence-electron chi connectivity index (χ4n) is 3.79. The first-order valence-electron chi connectivity index (χ1n) is 6.39. The van der Waals surface area contributed by atoms with Crippen molar-refractivity contribution < 1.29 is 9.13 Å². The molecule has 1 aliphatic heterocycles. The molecule has 1 aromatic carbocycles. The number of methoxy groups -OCH3 is 1. The Morgan fingerprint density at radius 3 is 3.11 bits per heavy atom. The van der Waals surface area contributed by atoms with Gasteiger partial charge >= 0.3 is 0 Å². The molecule has 18 heavy (non-hydrogen) atoms. The van der Waals surface area contributed by atoms with Crippen molar-refractivity contribution in [1.82, 2.24) is 5.32 Å². The first kappa shape index (κ1) is 10.5. The fraction of sp³-hybridized carbons (Fsp3) is 0.500. The van der Waals surface area contributed by atoms with E-state index in [0.29, 0.717) is 0 Å². The minimum Gasteiger partial charge on any atom is -0.376 e. The SMILES string of the molecule is COC1c2cccc(F)c2C2CC21C1=NCCN1. The van der Waals surface area contributed by atoms with Gasteiger partial charge in [-0.25, -0.2) is 4.39 Å². The van der Waals surface area contributed by atoms with E-state index >= 15 is 0 Å². The summed E-state index contributed by atoms with van der Waals surface area (Å²) in [7, 11) is 1.71. The van der Waals surface area contributed by atoms with Gasteiger partial charge in [-0.15, -0.1) is 0 Å². The second-order valence-electron chi connectivity index (χ2n) is 5.31. The smallest absolute Gasteiger partial charge is 0.127 e. The van der Waals surface area contributed by atoms with Crippen molar-refractivity contribution in [3.8, 4) is 0 Å². The van der Waals surface area contributed by atoms with Crippen LogP contribution in [0.1, 0.15) is 29.6 Å². The lowest BCUT2D eigenvalue weighted by molar-refractivity contribution is 0.0697. The maximum absolute atomic E-state index is 14.0. The number of fused-ring (bicyclic) bond motifs is 3. The normalized spacial score (nSPS) is 35.8. The van der Waals surface area contributed by atoms with Crippen LogP contribution in [0.3, 0.4) is 0 Å². The van der Waals surface area contributed by atoms with Gasteiger partial charge in [0.2, 0.25) is 0 Å². The summed E-state index contributed by atoms with van der Waals surface area (Å²) in [5.74, 6) is 1.16. The number of amidine groups is 1. The maximum atomic E-state index is 14.0. The largest absolute Gasteiger partial charge is 0.376 e. The highest BCUT2D eigenvalue weighted by atomic mass is 19.1. The first-order chi connectivity index (χ1) is 8.79. The van der Waals surface area contributed by atoms with Crippen LogP contribution in [0, 0.1) is 11.2 Å². The average molecular weight is 246 g/mol. The standard InChI is InChI=1S/C14H15FN2O/c1-18-12-8-3-2-4-10(15)11(8)9-7-14(9,12)13-16-5-6-17-13/h2-4,9,12H,5-7H2,1H3,(H,16,17). The molecule has 1 saturated carbocycles. The number of aliphatic imine (C=N–C) groups is 1. The molecule has 3 atom stereocenters. The molecule has 0 bridgehead atoms. The minimum atomic E-state index is -0.115. The molecule has 94 valence electrons. The van der Waals surface area contributed by atoms with Crippen LogP contribution in [0.5, 0.6) is 0 Å². The Hall–Kier alpha value is -1.42. The van der Waals surface area contributed by atoms with E-state index in [1.807, 2.05) is 6.07 Å². The van der Waals surface area contributed by atoms with Crippen molar-refractivity contribution in [3.05, 3.63) is 35.1 Å². The highest BCUT2D eigenvalue weighted by Gasteiger charge is 2.70. The van der Waals surface area contributed by atoms with Gasteiger partial charge in [-0.2, -0.15) is 0 Å². The zero-order valence-corrected chi connectivity index (χ0v) is 10.2. The van der Waals surface area contributed by atoms with Crippen LogP contribution in [0.15, 0.2) is 23.2 Å². The Labute approximate surface area is 105 Å². The highest BCUT2D eigenvalue weighted by molar-refractivity contribution is 5.95. The van der Waals surface area contributed by atoms with E-state index in [0.717, 1.165) is 36.5 Å². The molecule has 1 N–H and O–H groups in total. The van der Waals surface area contributed by atoms with E-state index in [2.05, 4.69) is 10.3 Å². The van der Waals surface area contributed by atoms with Gasteiger partial charge in [0.15, 0.2) is 0 Å². The Balaban J connectivity index is 1.86. The molecular formula is C14H15FN2O. The van der Waals surface area contributed by atoms with E-state index in [-0.39, 0.29) is 23.3 Å². The number of hydrogen-bond donors (Lipinski definition) is 1. The molecule has 0 amide bonds. The monoisotopic (exact) mass is 246 g/mol. The third-order valence-corrected chi connectivity index (χ3v) is 4.54. The summed E-state index contributed by atoms with van der Waals surface area (Å²) in [5.41, 5.74) is 1.74. The molecule has 3 unspecified atom stereocenters. The summed E-state index contributed by atoms with van der Waals surface area (Å²) in [4.78, 5) is 4.55. The maximum Gasteiger partial charge on any atom is 0.127 e. The number of halogens is 1. The third kappa shape index (κ3) is 1.05. The van der Waals surface area contributed by atoms with Crippen LogP contribution in [-0.2, 0) is 4.74 Å². The Kier molecular flexibility index (Phi) is 1.94. The molecule has 0 saturated heterocycles. The van der Waals surface area contributed by atoms with Crippen LogP contribution in [0.4, 0.5) is 4.39 Å². The van der Waals surface area contributed by atoms with Gasteiger partial charge in [0.05, 0.1) is 18.1 Å². The van der Waals surface area contributed by atoms with Gasteiger partial charge in [-0.1, -0.05) is 12.1 Å². The number of nitrogens with one attached hydrogen (secondary N) is 1. The highest BCUT2D eigenvalue weighted by Crippen LogP contribution is 2.73. The zero-order chi connectivity index (χ0) is 12.3. The third-order valence-electron chi connectivity index (χ3n) is 4.54. The summed E-state index contributed by atoms with van der Waals surface area (Å²) >= 11 is 0. The molecule has 3 aliphatic rings. The molecule has 4 heteroatoms. The van der Waals surface area contributed by atoms with Gasteiger partial charge in [0.25, 0.3) is 0 Å². The van der Waals surface area contributed by atoms with Crippen molar-refractivity contribution in [3.63, 3.8) is 0 Å². The molecule has 4 rings (SSSR count). The van der Waals surface area contributed by atoms with Crippen molar-refractivity contribution in [1.29, 1.82) is 0 Å². The molecule has 1 aromatic rings. The molecule has 0 radical (unpaired) electrons. The van der Waals surface area contributed by atoms with Crippen molar-refractivity contribution in [2.45, 2.75) is 18.4 Å². The molecular weight excluding hydrogens is 231 g/mol. The summed E-state index contributed by atoms with van der Waals surface area (Å²) in [6, 6.07) is 5.29. The molecule has 1 fully saturated rings. The quantitative estimate of drug-likeness (QED) is 0.866. The van der Waals surface area contributed by atoms with Crippen molar-refractivity contribution in [2.75, 3.05) is 20.2 Å². The van der Waals surface area contributed by atoms with Gasteiger partial charge in [0.1, 0.15) is 11.7 Å². The Bertz CT molecular complexity index is 557. The van der Waals surface area contributed by atoms with Crippen LogP contribution in [-0.4, -0.2) is 26.0 Å². The summed E-state index contributed by atoms with van der Waals surface area (Å²) in [6.45, 7) is 1.71. The van der Waals surface area contributed by atoms with E-state index in [1.165, 1.54) is 0 Å². The van der Waals surface area contributed by atoms with Gasteiger partial charge < -0.3 is 10.1 Å². The zero-order valence-electron chi connectivity index (χ0n) is 10.2. The van der Waals surface area contributed by atoms with Crippen molar-refractivity contribution >= 4 is 5.84 Å². The molecule has 0 aromatic heterocycles. The molecule has 1 heterocycles. The minimum absolute atomic E-state index is 0.0578. The molecule has 3 nitrogen and oxygen atoms in total. The van der Waals surface area contributed by atoms with E-state index in [1.54, 1.807) is 19.2 Å². The van der Waals surface area contributed by atoms with Gasteiger partial charge in [0, 0.05) is 19.6 Å². The first-order valence-corrected chi connectivity index (χ1v) is 6.39. The predicted molar refractivity (Wildman–Crippen MR) is 66.2 cm³/mol. The summed E-state index contributed by atoms with van der Waals surface area (Å²) < 4.78 is 19.7. The topological polar surface area (TPSA) is 33.6 Å². The van der Waals surface area contributed by atoms with Crippen LogP contribution in [0.25, 0.3) is 0 Å². The number of nitrogens with zero attached hydrogens (tertiary/aromatic N) is 1. The number of benzene rings is 1. The Morgan fingerprint density at radius 1 is 1.50 bits per heavy atom. The lowest BCUT2D eigenvalue weighted by Crippen LogP contribution is -2.32. The molecule has 2 aliphatic carbocycles. The van der Waals surface area contributed by atoms with E-state index < -0.39 is 0 Å². The predicted octanol–water partition coefficient (Wildman–Crippen LogP) is 2.00. The summed E-state index contributed by atoms with van der Waals surface area (Å²) in [5, 5.41) is 3.35. The van der Waals surface area contributed by atoms with E-state index in [4.69, 9.17) is 4.74 Å². The fourth-order valence-corrected chi connectivity index (χ4v) is 3.79. The van der Waals surface area contributed by atoms with Gasteiger partial charge in [-0.05, 0) is 23.6 Å². The number of hydrogen-bond acceptors (Lipinski definition) is 3. The summed E-state index contributed by atoms with van der Waals surface area (Å²) in [6.07, 6.45) is 0.892. The Morgan fingerprint density at radius 2 is 2.39 bits per heavy atom. The van der Waals surface area contributed by atoms with Crippen LogP contribution < -0.4 is 5.32 Å². The van der Waals surface area contributed by atoms with Gasteiger partial charge in [-0.3, -0.25) is 4.99 Å². The van der Waals surface area contributed by atoms with E-state index in [9.17, 15) is 4.39 Å². The second-order valence-corrected chi connectivity index (χ2v) is 5.31. The lowest BCUT2D eigenvalue weighted by Gasteiger charge is -2.23. The van der Waals surface area contributed by atoms with Crippen LogP contribution >= 0.6 is 0 Å². The second kappa shape index (κ2) is 3.32. The van der Waals surface area contributed by atoms with Crippen LogP contribution in [0.2, 0.25) is 0 Å². The van der Waals surface area contributed by atoms with Crippen molar-refractivity contribution in [2.24, 2.45) is 10.4 Å². The average Bonchev–Trinajstić information content (AvgIpc) is 2.78. The number of rotatable bonds is 2. The molecule has 0 spiro atoms. The lowest BCUT2D eigenvalue weighted by atomic mass is 9.95.